The van der Waals surface area contributed by atoms with E-state index in [2.05, 4.69) is 34.4 Å². The monoisotopic (exact) mass is 536 g/mol. The van der Waals surface area contributed by atoms with Crippen LogP contribution in [0.5, 0.6) is 0 Å². The van der Waals surface area contributed by atoms with Crippen LogP contribution in [0.4, 0.5) is 10.9 Å². The van der Waals surface area contributed by atoms with Crippen LogP contribution < -0.4 is 21.3 Å². The van der Waals surface area contributed by atoms with E-state index in [1.807, 2.05) is 36.6 Å². The van der Waals surface area contributed by atoms with Gasteiger partial charge in [0.1, 0.15) is 11.5 Å². The normalized spacial score (nSPS) is 23.0. The van der Waals surface area contributed by atoms with Crippen molar-refractivity contribution in [2.45, 2.75) is 45.1 Å². The summed E-state index contributed by atoms with van der Waals surface area (Å²) in [6, 6.07) is 11.2. The molecular weight excluding hydrogens is 504 g/mol. The molecule has 5 rings (SSSR count). The molecule has 1 aromatic carbocycles. The van der Waals surface area contributed by atoms with E-state index in [0.29, 0.717) is 29.6 Å². The minimum Gasteiger partial charge on any atom is -0.375 e. The van der Waals surface area contributed by atoms with Crippen LogP contribution in [0.3, 0.4) is 0 Å². The third-order valence-electron chi connectivity index (χ3n) is 6.55. The van der Waals surface area contributed by atoms with Crippen LogP contribution in [0.15, 0.2) is 41.8 Å². The van der Waals surface area contributed by atoms with E-state index < -0.39 is 5.54 Å². The third kappa shape index (κ3) is 5.86. The van der Waals surface area contributed by atoms with Gasteiger partial charge in [-0.25, -0.2) is 9.97 Å². The van der Waals surface area contributed by atoms with E-state index in [-0.39, 0.29) is 30.6 Å². The number of morpholine rings is 1. The van der Waals surface area contributed by atoms with Crippen LogP contribution in [0, 0.1) is 0 Å². The van der Waals surface area contributed by atoms with Gasteiger partial charge in [0.15, 0.2) is 5.13 Å². The van der Waals surface area contributed by atoms with Crippen molar-refractivity contribution >= 4 is 34.1 Å². The molecule has 3 aromatic rings. The Morgan fingerprint density at radius 3 is 2.74 bits per heavy atom. The molecular formula is C27H32N6O4S. The van der Waals surface area contributed by atoms with Gasteiger partial charge in [-0.3, -0.25) is 9.59 Å². The lowest BCUT2D eigenvalue weighted by Gasteiger charge is -2.36. The van der Waals surface area contributed by atoms with E-state index in [1.54, 1.807) is 12.1 Å². The van der Waals surface area contributed by atoms with Crippen molar-refractivity contribution < 1.29 is 19.1 Å². The highest BCUT2D eigenvalue weighted by Crippen LogP contribution is 2.29. The molecule has 1 fully saturated rings. The Bertz CT molecular complexity index is 1330. The topological polar surface area (TPSA) is 132 Å². The summed E-state index contributed by atoms with van der Waals surface area (Å²) in [5.74, 6) is 0.153. The second kappa shape index (κ2) is 10.8. The average Bonchev–Trinajstić information content (AvgIpc) is 3.35. The molecule has 2 aliphatic rings. The van der Waals surface area contributed by atoms with Gasteiger partial charge in [-0.2, -0.15) is 0 Å². The van der Waals surface area contributed by atoms with Crippen molar-refractivity contribution in [1.82, 2.24) is 15.3 Å². The fourth-order valence-corrected chi connectivity index (χ4v) is 5.53. The number of fused-ring (bicyclic) bond motifs is 1. The number of hydrogen-bond donors (Lipinski definition) is 3. The first-order valence-corrected chi connectivity index (χ1v) is 13.5. The number of carbonyl (C=O) groups is 2. The van der Waals surface area contributed by atoms with Crippen LogP contribution in [-0.4, -0.2) is 60.2 Å². The smallest absolute Gasteiger partial charge is 0.251 e. The van der Waals surface area contributed by atoms with E-state index in [9.17, 15) is 9.59 Å². The molecule has 11 heteroatoms. The van der Waals surface area contributed by atoms with Gasteiger partial charge in [0, 0.05) is 24.0 Å². The number of benzene rings is 1. The van der Waals surface area contributed by atoms with Crippen molar-refractivity contribution in [1.29, 1.82) is 0 Å². The van der Waals surface area contributed by atoms with Crippen molar-refractivity contribution in [3.8, 4) is 11.4 Å². The van der Waals surface area contributed by atoms with E-state index >= 15 is 0 Å². The zero-order valence-corrected chi connectivity index (χ0v) is 22.5. The quantitative estimate of drug-likeness (QED) is 0.438. The first kappa shape index (κ1) is 26.2. The Morgan fingerprint density at radius 2 is 1.95 bits per heavy atom. The maximum Gasteiger partial charge on any atom is 0.251 e. The van der Waals surface area contributed by atoms with E-state index in [0.717, 1.165) is 35.7 Å². The Hall–Kier alpha value is -3.38. The highest BCUT2D eigenvalue weighted by molar-refractivity contribution is 7.14. The van der Waals surface area contributed by atoms with E-state index in [4.69, 9.17) is 20.2 Å². The highest BCUT2D eigenvalue weighted by Gasteiger charge is 2.29. The summed E-state index contributed by atoms with van der Waals surface area (Å²) in [6.07, 6.45) is 0.266. The average molecular weight is 537 g/mol. The van der Waals surface area contributed by atoms with Gasteiger partial charge in [-0.15, -0.1) is 11.3 Å². The predicted octanol–water partition coefficient (Wildman–Crippen LogP) is 2.89. The molecule has 200 valence electrons. The molecule has 0 radical (unpaired) electrons. The number of amides is 2. The fraction of sp³-hybridized carbons (Fsp3) is 0.407. The number of pyridine rings is 1. The lowest BCUT2D eigenvalue weighted by Crippen LogP contribution is -2.45. The summed E-state index contributed by atoms with van der Waals surface area (Å²) < 4.78 is 11.4. The number of rotatable bonds is 6. The second-order valence-electron chi connectivity index (χ2n) is 10.1. The lowest BCUT2D eigenvalue weighted by molar-refractivity contribution is -0.115. The van der Waals surface area contributed by atoms with E-state index in [1.165, 1.54) is 11.3 Å². The van der Waals surface area contributed by atoms with Crippen LogP contribution in [0.25, 0.3) is 11.4 Å². The Balaban J connectivity index is 1.18. The van der Waals surface area contributed by atoms with Gasteiger partial charge >= 0.3 is 0 Å². The number of thiazole rings is 1. The van der Waals surface area contributed by atoms with Gasteiger partial charge in [-0.05, 0) is 56.2 Å². The minimum absolute atomic E-state index is 0.133. The van der Waals surface area contributed by atoms with Crippen LogP contribution in [0.1, 0.15) is 42.3 Å². The number of aromatic nitrogens is 2. The summed E-state index contributed by atoms with van der Waals surface area (Å²) in [5, 5.41) is 7.71. The minimum atomic E-state index is -0.669. The molecule has 3 atom stereocenters. The molecule has 2 aliphatic heterocycles. The molecule has 0 aliphatic carbocycles. The number of nitrogens with two attached hydrogens (primary N) is 1. The van der Waals surface area contributed by atoms with Gasteiger partial charge in [0.2, 0.25) is 5.91 Å². The molecule has 0 unspecified atom stereocenters. The number of nitrogens with zero attached hydrogens (tertiary/aromatic N) is 3. The Kier molecular flexibility index (Phi) is 7.44. The summed E-state index contributed by atoms with van der Waals surface area (Å²) >= 11 is 1.31. The van der Waals surface area contributed by atoms with Crippen molar-refractivity contribution in [3.05, 3.63) is 58.5 Å². The Morgan fingerprint density at radius 1 is 1.16 bits per heavy atom. The SMILES string of the molecule is C[C@@H]1CN(c2cccc(-c3csc(NC(=O)CNC(=O)c4ccc5c(c4)[C@@](C)(N)COC5)n3)n2)C[C@H](C)O1. The van der Waals surface area contributed by atoms with Crippen LogP contribution in [0.2, 0.25) is 0 Å². The summed E-state index contributed by atoms with van der Waals surface area (Å²) in [7, 11) is 0. The molecule has 4 N–H and O–H groups in total. The standard InChI is InChI=1S/C27H32N6O4S/c1-16-11-33(12-17(2)37-16)23-6-4-5-21(30-23)22-14-38-26(31-22)32-24(34)10-29-25(35)18-7-8-19-13-36-15-27(3,28)20(19)9-18/h4-9,14,16-17H,10-13,15,28H2,1-3H3,(H,29,35)(H,31,32,34)/t16-,17+,27-/m0/s1. The largest absolute Gasteiger partial charge is 0.375 e. The first-order valence-electron chi connectivity index (χ1n) is 12.6. The predicted molar refractivity (Wildman–Crippen MR) is 146 cm³/mol. The summed E-state index contributed by atoms with van der Waals surface area (Å²) in [6.45, 7) is 8.20. The molecule has 2 amide bonds. The summed E-state index contributed by atoms with van der Waals surface area (Å²) in [4.78, 5) is 36.7. The molecule has 0 spiro atoms. The Labute approximate surface area is 225 Å². The van der Waals surface area contributed by atoms with Gasteiger partial charge in [0.25, 0.3) is 5.91 Å². The number of ether oxygens (including phenoxy) is 2. The lowest BCUT2D eigenvalue weighted by atomic mass is 9.87. The van der Waals surface area contributed by atoms with Crippen molar-refractivity contribution in [3.63, 3.8) is 0 Å². The fourth-order valence-electron chi connectivity index (χ4n) is 4.81. The van der Waals surface area contributed by atoms with Crippen molar-refractivity contribution in [2.24, 2.45) is 5.73 Å². The summed E-state index contributed by atoms with van der Waals surface area (Å²) in [5.41, 5.74) is 9.35. The van der Waals surface area contributed by atoms with Crippen molar-refractivity contribution in [2.75, 3.05) is 36.5 Å². The third-order valence-corrected chi connectivity index (χ3v) is 7.30. The number of nitrogens with one attached hydrogen (secondary N) is 2. The molecule has 38 heavy (non-hydrogen) atoms. The van der Waals surface area contributed by atoms with Gasteiger partial charge in [0.05, 0.1) is 43.2 Å². The number of anilines is 2. The first-order chi connectivity index (χ1) is 18.2. The number of carbonyl (C=O) groups excluding carboxylic acids is 2. The molecule has 0 saturated carbocycles. The number of hydrogen-bond acceptors (Lipinski definition) is 9. The van der Waals surface area contributed by atoms with Gasteiger partial charge < -0.3 is 30.7 Å². The van der Waals surface area contributed by atoms with Crippen LogP contribution in [-0.2, 0) is 26.4 Å². The molecule has 1 saturated heterocycles. The second-order valence-corrected chi connectivity index (χ2v) is 11.0. The molecule has 10 nitrogen and oxygen atoms in total. The highest BCUT2D eigenvalue weighted by atomic mass is 32.1. The zero-order valence-electron chi connectivity index (χ0n) is 21.7. The maximum atomic E-state index is 12.7. The molecule has 2 aromatic heterocycles. The van der Waals surface area contributed by atoms with Crippen LogP contribution >= 0.6 is 11.3 Å². The molecule has 0 bridgehead atoms. The van der Waals surface area contributed by atoms with Gasteiger partial charge in [-0.1, -0.05) is 12.1 Å². The zero-order chi connectivity index (χ0) is 26.9. The maximum absolute atomic E-state index is 12.7. The molecule has 4 heterocycles.